The van der Waals surface area contributed by atoms with Gasteiger partial charge in [0, 0.05) is 16.6 Å². The smallest absolute Gasteiger partial charge is 0.200 e. The molecule has 0 bridgehead atoms. The fraction of sp³-hybridized carbons (Fsp3) is 0.158. The number of aromatic amines is 2. The van der Waals surface area contributed by atoms with Crippen LogP contribution in [0.1, 0.15) is 16.8 Å². The van der Waals surface area contributed by atoms with E-state index in [4.69, 9.17) is 12.2 Å². The third-order valence-electron chi connectivity index (χ3n) is 4.61. The number of rotatable bonds is 2. The maximum Gasteiger partial charge on any atom is 0.200 e. The molecule has 2 aromatic carbocycles. The SMILES string of the molecule is Cc1ccc(-c2n[nH]c(=S)n2-c2cccc3[nH]c(C)c(C)c23)c(O)c1. The van der Waals surface area contributed by atoms with Gasteiger partial charge in [0.05, 0.1) is 11.3 Å². The number of nitrogens with zero attached hydrogens (tertiary/aromatic N) is 2. The molecule has 0 fully saturated rings. The molecule has 0 saturated heterocycles. The zero-order chi connectivity index (χ0) is 17.7. The van der Waals surface area contributed by atoms with Crippen molar-refractivity contribution in [3.05, 3.63) is 58.0 Å². The Labute approximate surface area is 150 Å². The van der Waals surface area contributed by atoms with Gasteiger partial charge in [-0.15, -0.1) is 0 Å². The summed E-state index contributed by atoms with van der Waals surface area (Å²) in [7, 11) is 0. The predicted molar refractivity (Wildman–Crippen MR) is 102 cm³/mol. The minimum absolute atomic E-state index is 0.185. The highest BCUT2D eigenvalue weighted by Crippen LogP contribution is 2.34. The van der Waals surface area contributed by atoms with E-state index < -0.39 is 0 Å². The first-order valence-electron chi connectivity index (χ1n) is 8.03. The maximum atomic E-state index is 10.4. The molecular formula is C19H18N4OS. The van der Waals surface area contributed by atoms with E-state index in [2.05, 4.69) is 29.0 Å². The summed E-state index contributed by atoms with van der Waals surface area (Å²) in [4.78, 5) is 3.40. The number of hydrogen-bond acceptors (Lipinski definition) is 3. The van der Waals surface area contributed by atoms with Crippen LogP contribution in [0.4, 0.5) is 0 Å². The summed E-state index contributed by atoms with van der Waals surface area (Å²) in [5, 5.41) is 18.7. The molecule has 0 amide bonds. The Morgan fingerprint density at radius 1 is 1.12 bits per heavy atom. The molecule has 0 unspecified atom stereocenters. The van der Waals surface area contributed by atoms with E-state index in [0.717, 1.165) is 27.8 Å². The van der Waals surface area contributed by atoms with Gasteiger partial charge in [-0.05, 0) is 68.4 Å². The zero-order valence-corrected chi connectivity index (χ0v) is 15.0. The second-order valence-corrected chi connectivity index (χ2v) is 6.67. The Bertz CT molecular complexity index is 1170. The van der Waals surface area contributed by atoms with Gasteiger partial charge in [-0.2, -0.15) is 5.10 Å². The average Bonchev–Trinajstić information content (AvgIpc) is 3.08. The summed E-state index contributed by atoms with van der Waals surface area (Å²) in [6, 6.07) is 11.6. The van der Waals surface area contributed by atoms with Crippen molar-refractivity contribution in [3.8, 4) is 22.8 Å². The number of phenolic OH excluding ortho intramolecular Hbond substituents is 1. The van der Waals surface area contributed by atoms with E-state index >= 15 is 0 Å². The van der Waals surface area contributed by atoms with Crippen LogP contribution in [0.3, 0.4) is 0 Å². The second kappa shape index (κ2) is 5.60. The van der Waals surface area contributed by atoms with Crippen LogP contribution in [0.5, 0.6) is 5.75 Å². The van der Waals surface area contributed by atoms with Gasteiger partial charge in [-0.3, -0.25) is 9.67 Å². The van der Waals surface area contributed by atoms with Gasteiger partial charge in [-0.1, -0.05) is 12.1 Å². The minimum atomic E-state index is 0.185. The molecule has 4 aromatic rings. The molecule has 0 saturated carbocycles. The summed E-state index contributed by atoms with van der Waals surface area (Å²) >= 11 is 5.49. The number of aromatic hydroxyl groups is 1. The fourth-order valence-corrected chi connectivity index (χ4v) is 3.47. The molecule has 0 radical (unpaired) electrons. The monoisotopic (exact) mass is 350 g/mol. The number of hydrogen-bond donors (Lipinski definition) is 3. The van der Waals surface area contributed by atoms with Crippen LogP contribution in [-0.2, 0) is 0 Å². The summed E-state index contributed by atoms with van der Waals surface area (Å²) in [6.07, 6.45) is 0. The number of H-pyrrole nitrogens is 2. The number of aryl methyl sites for hydroxylation is 3. The number of phenols is 1. The van der Waals surface area contributed by atoms with Crippen LogP contribution in [-0.4, -0.2) is 24.9 Å². The van der Waals surface area contributed by atoms with Crippen molar-refractivity contribution in [2.24, 2.45) is 0 Å². The van der Waals surface area contributed by atoms with Gasteiger partial charge in [0.2, 0.25) is 0 Å². The molecule has 2 heterocycles. The third-order valence-corrected chi connectivity index (χ3v) is 4.88. The molecule has 0 aliphatic heterocycles. The van der Waals surface area contributed by atoms with Crippen LogP contribution in [0.25, 0.3) is 28.0 Å². The highest BCUT2D eigenvalue weighted by molar-refractivity contribution is 7.71. The number of aromatic nitrogens is 4. The Hall–Kier alpha value is -2.86. The Morgan fingerprint density at radius 3 is 2.68 bits per heavy atom. The first kappa shape index (κ1) is 15.7. The molecule has 5 nitrogen and oxygen atoms in total. The molecule has 6 heteroatoms. The molecule has 126 valence electrons. The second-order valence-electron chi connectivity index (χ2n) is 6.28. The fourth-order valence-electron chi connectivity index (χ4n) is 3.24. The van der Waals surface area contributed by atoms with Crippen LogP contribution in [0.15, 0.2) is 36.4 Å². The first-order valence-corrected chi connectivity index (χ1v) is 8.44. The first-order chi connectivity index (χ1) is 12.0. The van der Waals surface area contributed by atoms with E-state index in [-0.39, 0.29) is 5.75 Å². The standard InChI is InChI=1S/C19H18N4OS/c1-10-7-8-13(16(24)9-10)18-21-22-19(25)23(18)15-6-4-5-14-17(15)11(2)12(3)20-14/h4-9,20,24H,1-3H3,(H,22,25). The lowest BCUT2D eigenvalue weighted by Crippen LogP contribution is -1.99. The zero-order valence-electron chi connectivity index (χ0n) is 14.2. The lowest BCUT2D eigenvalue weighted by molar-refractivity contribution is 0.476. The van der Waals surface area contributed by atoms with Gasteiger partial charge < -0.3 is 10.1 Å². The van der Waals surface area contributed by atoms with Gasteiger partial charge >= 0.3 is 0 Å². The number of fused-ring (bicyclic) bond motifs is 1. The molecule has 4 rings (SSSR count). The molecule has 0 spiro atoms. The van der Waals surface area contributed by atoms with Crippen LogP contribution < -0.4 is 0 Å². The van der Waals surface area contributed by atoms with Crippen molar-refractivity contribution in [1.29, 1.82) is 0 Å². The highest BCUT2D eigenvalue weighted by atomic mass is 32.1. The molecular weight excluding hydrogens is 332 g/mol. The minimum Gasteiger partial charge on any atom is -0.507 e. The average molecular weight is 350 g/mol. The normalized spacial score (nSPS) is 11.3. The summed E-state index contributed by atoms with van der Waals surface area (Å²) in [5.74, 6) is 0.776. The molecule has 0 aliphatic rings. The third kappa shape index (κ3) is 2.37. The topological polar surface area (TPSA) is 69.6 Å². The maximum absolute atomic E-state index is 10.4. The Morgan fingerprint density at radius 2 is 1.92 bits per heavy atom. The van der Waals surface area contributed by atoms with E-state index in [1.807, 2.05) is 41.8 Å². The van der Waals surface area contributed by atoms with Gasteiger partial charge in [-0.25, -0.2) is 0 Å². The van der Waals surface area contributed by atoms with Crippen LogP contribution >= 0.6 is 12.2 Å². The van der Waals surface area contributed by atoms with Crippen LogP contribution in [0.2, 0.25) is 0 Å². The van der Waals surface area contributed by atoms with Crippen molar-refractivity contribution in [2.75, 3.05) is 0 Å². The van der Waals surface area contributed by atoms with Gasteiger partial charge in [0.1, 0.15) is 5.75 Å². The quantitative estimate of drug-likeness (QED) is 0.459. The molecule has 0 atom stereocenters. The predicted octanol–water partition coefficient (Wildman–Crippen LogP) is 4.71. The van der Waals surface area contributed by atoms with Gasteiger partial charge in [0.15, 0.2) is 10.6 Å². The van der Waals surface area contributed by atoms with E-state index in [0.29, 0.717) is 16.2 Å². The summed E-state index contributed by atoms with van der Waals surface area (Å²) in [5.41, 5.74) is 5.91. The van der Waals surface area contributed by atoms with Crippen molar-refractivity contribution in [1.82, 2.24) is 19.7 Å². The van der Waals surface area contributed by atoms with E-state index in [1.165, 1.54) is 5.56 Å². The number of nitrogens with one attached hydrogen (secondary N) is 2. The molecule has 2 aromatic heterocycles. The molecule has 25 heavy (non-hydrogen) atoms. The Balaban J connectivity index is 2.06. The van der Waals surface area contributed by atoms with Crippen LogP contribution in [0, 0.1) is 25.5 Å². The molecule has 0 aliphatic carbocycles. The lowest BCUT2D eigenvalue weighted by Gasteiger charge is -2.11. The van der Waals surface area contributed by atoms with Crippen molar-refractivity contribution >= 4 is 23.1 Å². The highest BCUT2D eigenvalue weighted by Gasteiger charge is 2.18. The number of benzene rings is 2. The molecule has 3 N–H and O–H groups in total. The van der Waals surface area contributed by atoms with Gasteiger partial charge in [0.25, 0.3) is 0 Å². The Kier molecular flexibility index (Phi) is 3.51. The van der Waals surface area contributed by atoms with E-state index in [9.17, 15) is 5.11 Å². The van der Waals surface area contributed by atoms with Crippen molar-refractivity contribution < 1.29 is 5.11 Å². The largest absolute Gasteiger partial charge is 0.507 e. The van der Waals surface area contributed by atoms with Crippen molar-refractivity contribution in [3.63, 3.8) is 0 Å². The van der Waals surface area contributed by atoms with Crippen molar-refractivity contribution in [2.45, 2.75) is 20.8 Å². The lowest BCUT2D eigenvalue weighted by atomic mass is 10.1. The van der Waals surface area contributed by atoms with E-state index in [1.54, 1.807) is 6.07 Å². The summed E-state index contributed by atoms with van der Waals surface area (Å²) in [6.45, 7) is 6.08. The summed E-state index contributed by atoms with van der Waals surface area (Å²) < 4.78 is 2.36.